The number of fused-ring (bicyclic) bond motifs is 1. The van der Waals surface area contributed by atoms with Crippen molar-refractivity contribution in [3.05, 3.63) is 72.4 Å². The van der Waals surface area contributed by atoms with Gasteiger partial charge in [0.15, 0.2) is 0 Å². The van der Waals surface area contributed by atoms with Gasteiger partial charge in [-0.2, -0.15) is 4.98 Å². The predicted molar refractivity (Wildman–Crippen MR) is 106 cm³/mol. The number of aryl methyl sites for hydroxylation is 2. The zero-order valence-corrected chi connectivity index (χ0v) is 16.2. The van der Waals surface area contributed by atoms with Crippen LogP contribution >= 0.6 is 11.8 Å². The molecule has 148 valence electrons. The number of H-pyrrole nitrogens is 2. The predicted octanol–water partition coefficient (Wildman–Crippen LogP) is 1.64. The molecule has 29 heavy (non-hydrogen) atoms. The van der Waals surface area contributed by atoms with Gasteiger partial charge in [0.1, 0.15) is 0 Å². The van der Waals surface area contributed by atoms with Gasteiger partial charge in [0.2, 0.25) is 11.1 Å². The van der Waals surface area contributed by atoms with Gasteiger partial charge in [-0.1, -0.05) is 23.9 Å². The Hall–Kier alpha value is -3.67. The number of nitro groups is 1. The molecule has 0 spiro atoms. The van der Waals surface area contributed by atoms with Crippen LogP contribution in [0.25, 0.3) is 16.9 Å². The van der Waals surface area contributed by atoms with Gasteiger partial charge in [0.05, 0.1) is 15.8 Å². The highest BCUT2D eigenvalue weighted by Crippen LogP contribution is 2.22. The van der Waals surface area contributed by atoms with E-state index in [1.807, 2.05) is 0 Å². The van der Waals surface area contributed by atoms with Crippen molar-refractivity contribution in [2.24, 2.45) is 7.05 Å². The number of nitrogens with zero attached hydrogens (tertiary/aromatic N) is 5. The zero-order valence-electron chi connectivity index (χ0n) is 15.4. The number of nitro benzene ring substituents is 1. The average molecular weight is 413 g/mol. The van der Waals surface area contributed by atoms with Crippen LogP contribution in [-0.4, -0.2) is 34.5 Å². The van der Waals surface area contributed by atoms with Gasteiger partial charge in [-0.15, -0.1) is 5.10 Å². The molecule has 0 saturated heterocycles. The second-order valence-electron chi connectivity index (χ2n) is 6.33. The molecule has 0 saturated carbocycles. The standard InChI is InChI=1S/C17H15N7O4S/c1-9-14-12(21-22(2)15(14)26)7-13(25)23(9)16-18-17(20-19-16)29-8-10-4-3-5-11(6-10)24(27)28/h3-7,21H,8H2,1-2H3,(H,18,19,20). The van der Waals surface area contributed by atoms with Crippen LogP contribution < -0.4 is 11.1 Å². The van der Waals surface area contributed by atoms with Crippen molar-refractivity contribution < 1.29 is 4.92 Å². The summed E-state index contributed by atoms with van der Waals surface area (Å²) in [5.74, 6) is 0.615. The number of rotatable bonds is 5. The molecule has 4 rings (SSSR count). The van der Waals surface area contributed by atoms with Gasteiger partial charge in [-0.25, -0.2) is 9.67 Å². The fraction of sp³-hybridized carbons (Fsp3) is 0.176. The van der Waals surface area contributed by atoms with Crippen LogP contribution in [0.1, 0.15) is 11.3 Å². The maximum atomic E-state index is 12.5. The lowest BCUT2D eigenvalue weighted by Gasteiger charge is -2.05. The lowest BCUT2D eigenvalue weighted by molar-refractivity contribution is -0.384. The van der Waals surface area contributed by atoms with E-state index in [4.69, 9.17) is 0 Å². The summed E-state index contributed by atoms with van der Waals surface area (Å²) in [6, 6.07) is 7.65. The van der Waals surface area contributed by atoms with E-state index in [1.54, 1.807) is 26.1 Å². The third-order valence-corrected chi connectivity index (χ3v) is 5.33. The summed E-state index contributed by atoms with van der Waals surface area (Å²) >= 11 is 1.27. The number of hydrogen-bond donors (Lipinski definition) is 2. The molecule has 0 aliphatic carbocycles. The summed E-state index contributed by atoms with van der Waals surface area (Å²) in [4.78, 5) is 39.6. The topological polar surface area (TPSA) is 145 Å². The van der Waals surface area contributed by atoms with E-state index < -0.39 is 4.92 Å². The van der Waals surface area contributed by atoms with E-state index in [9.17, 15) is 19.7 Å². The molecule has 0 radical (unpaired) electrons. The molecular weight excluding hydrogens is 398 g/mol. The van der Waals surface area contributed by atoms with E-state index in [1.165, 1.54) is 39.2 Å². The van der Waals surface area contributed by atoms with Gasteiger partial charge < -0.3 is 0 Å². The Bertz CT molecular complexity index is 1360. The summed E-state index contributed by atoms with van der Waals surface area (Å²) < 4.78 is 2.60. The summed E-state index contributed by atoms with van der Waals surface area (Å²) in [7, 11) is 1.58. The largest absolute Gasteiger partial charge is 0.295 e. The third-order valence-electron chi connectivity index (χ3n) is 4.42. The number of nitrogens with one attached hydrogen (secondary N) is 2. The van der Waals surface area contributed by atoms with Crippen molar-refractivity contribution in [1.82, 2.24) is 29.5 Å². The monoisotopic (exact) mass is 413 g/mol. The van der Waals surface area contributed by atoms with E-state index in [-0.39, 0.29) is 22.8 Å². The Labute approximate surface area is 166 Å². The number of thioether (sulfide) groups is 1. The molecule has 0 amide bonds. The van der Waals surface area contributed by atoms with Crippen LogP contribution in [0.5, 0.6) is 0 Å². The quantitative estimate of drug-likeness (QED) is 0.287. The average Bonchev–Trinajstić information content (AvgIpc) is 3.25. The second-order valence-corrected chi connectivity index (χ2v) is 7.27. The normalized spacial score (nSPS) is 11.2. The fourth-order valence-corrected chi connectivity index (χ4v) is 3.80. The summed E-state index contributed by atoms with van der Waals surface area (Å²) in [6.45, 7) is 1.66. The maximum absolute atomic E-state index is 12.5. The SMILES string of the molecule is Cc1c2c(=O)n(C)[nH]c2cc(=O)n1-c1nc(SCc2cccc([N+](=O)[O-])c2)n[nH]1. The van der Waals surface area contributed by atoms with Gasteiger partial charge >= 0.3 is 0 Å². The molecule has 0 aliphatic heterocycles. The number of aromatic amines is 2. The number of pyridine rings is 1. The number of non-ortho nitro benzene ring substituents is 1. The first-order valence-corrected chi connectivity index (χ1v) is 9.44. The smallest absolute Gasteiger partial charge is 0.275 e. The Morgan fingerprint density at radius 1 is 1.28 bits per heavy atom. The van der Waals surface area contributed by atoms with Crippen LogP contribution in [0.15, 0.2) is 45.1 Å². The molecule has 11 nitrogen and oxygen atoms in total. The van der Waals surface area contributed by atoms with Gasteiger partial charge in [0.25, 0.3) is 16.8 Å². The maximum Gasteiger partial charge on any atom is 0.275 e. The molecule has 3 aromatic heterocycles. The second kappa shape index (κ2) is 7.05. The minimum absolute atomic E-state index is 0.0161. The van der Waals surface area contributed by atoms with Crippen molar-refractivity contribution in [3.63, 3.8) is 0 Å². The highest BCUT2D eigenvalue weighted by molar-refractivity contribution is 7.98. The molecular formula is C17H15N7O4S. The van der Waals surface area contributed by atoms with Crippen LogP contribution in [0.4, 0.5) is 5.69 Å². The summed E-state index contributed by atoms with van der Waals surface area (Å²) in [5.41, 5.74) is 1.06. The van der Waals surface area contributed by atoms with Crippen LogP contribution in [0, 0.1) is 17.0 Å². The lowest BCUT2D eigenvalue weighted by Crippen LogP contribution is -2.22. The number of aromatic nitrogens is 6. The van der Waals surface area contributed by atoms with Crippen LogP contribution in [0.2, 0.25) is 0 Å². The Kier molecular flexibility index (Phi) is 4.54. The van der Waals surface area contributed by atoms with Crippen molar-refractivity contribution in [3.8, 4) is 5.95 Å². The summed E-state index contributed by atoms with van der Waals surface area (Å²) in [5, 5.41) is 21.3. The molecule has 2 N–H and O–H groups in total. The van der Waals surface area contributed by atoms with Crippen molar-refractivity contribution >= 4 is 28.4 Å². The molecule has 1 aromatic carbocycles. The Morgan fingerprint density at radius 3 is 2.83 bits per heavy atom. The zero-order chi connectivity index (χ0) is 20.7. The molecule has 3 heterocycles. The fourth-order valence-electron chi connectivity index (χ4n) is 3.06. The highest BCUT2D eigenvalue weighted by Gasteiger charge is 2.16. The van der Waals surface area contributed by atoms with E-state index >= 15 is 0 Å². The molecule has 4 aromatic rings. The minimum atomic E-state index is -0.449. The van der Waals surface area contributed by atoms with Gasteiger partial charge in [0, 0.05) is 36.7 Å². The van der Waals surface area contributed by atoms with Crippen molar-refractivity contribution in [2.75, 3.05) is 0 Å². The van der Waals surface area contributed by atoms with E-state index in [0.29, 0.717) is 27.5 Å². The van der Waals surface area contributed by atoms with Gasteiger partial charge in [-0.05, 0) is 12.5 Å². The molecule has 0 fully saturated rings. The van der Waals surface area contributed by atoms with Crippen LogP contribution in [0.3, 0.4) is 0 Å². The molecule has 0 atom stereocenters. The van der Waals surface area contributed by atoms with Crippen molar-refractivity contribution in [2.45, 2.75) is 17.8 Å². The molecule has 12 heteroatoms. The van der Waals surface area contributed by atoms with E-state index in [2.05, 4.69) is 20.3 Å². The van der Waals surface area contributed by atoms with E-state index in [0.717, 1.165) is 5.56 Å². The first kappa shape index (κ1) is 18.7. The Balaban J connectivity index is 1.64. The lowest BCUT2D eigenvalue weighted by atomic mass is 10.2. The number of hydrogen-bond acceptors (Lipinski definition) is 7. The van der Waals surface area contributed by atoms with Crippen molar-refractivity contribution in [1.29, 1.82) is 0 Å². The summed E-state index contributed by atoms with van der Waals surface area (Å²) in [6.07, 6.45) is 0. The number of benzene rings is 1. The van der Waals surface area contributed by atoms with Crippen LogP contribution in [-0.2, 0) is 12.8 Å². The minimum Gasteiger partial charge on any atom is -0.295 e. The first-order chi connectivity index (χ1) is 13.8. The molecule has 0 bridgehead atoms. The Morgan fingerprint density at radius 2 is 2.07 bits per heavy atom. The molecule has 0 unspecified atom stereocenters. The van der Waals surface area contributed by atoms with Gasteiger partial charge in [-0.3, -0.25) is 29.5 Å². The first-order valence-electron chi connectivity index (χ1n) is 8.45. The highest BCUT2D eigenvalue weighted by atomic mass is 32.2. The third kappa shape index (κ3) is 3.33. The molecule has 0 aliphatic rings.